The van der Waals surface area contributed by atoms with Crippen molar-refractivity contribution in [2.45, 2.75) is 38.4 Å². The highest BCUT2D eigenvalue weighted by atomic mass is 16.3. The molecule has 3 aliphatic heterocycles. The van der Waals surface area contributed by atoms with Crippen molar-refractivity contribution in [1.82, 2.24) is 25.2 Å². The molecule has 0 radical (unpaired) electrons. The Bertz CT molecular complexity index is 729. The number of carbonyl (C=O) groups is 1. The van der Waals surface area contributed by atoms with Crippen molar-refractivity contribution in [3.8, 4) is 0 Å². The summed E-state index contributed by atoms with van der Waals surface area (Å²) in [7, 11) is 0. The molecule has 3 fully saturated rings. The van der Waals surface area contributed by atoms with Crippen molar-refractivity contribution in [2.24, 2.45) is 11.8 Å². The first-order valence-electron chi connectivity index (χ1n) is 9.27. The zero-order valence-electron chi connectivity index (χ0n) is 14.8. The number of hydrogen-bond donors (Lipinski definition) is 2. The molecule has 0 saturated carbocycles. The minimum Gasteiger partial charge on any atom is -0.467 e. The first-order valence-corrected chi connectivity index (χ1v) is 9.27. The standard InChI is InChI=1S/C18H25N5O3/c24-6-4-14-10-23(21-20-14)11-15-8-13-3-5-22(15)12-17(13)18(25)19-9-16-2-1-7-26-16/h1-2,7,10,13,15,17,24H,3-6,8-9,11-12H2,(H,19,25). The second-order valence-electron chi connectivity index (χ2n) is 7.24. The zero-order valence-corrected chi connectivity index (χ0v) is 14.8. The largest absolute Gasteiger partial charge is 0.467 e. The summed E-state index contributed by atoms with van der Waals surface area (Å²) < 4.78 is 7.14. The van der Waals surface area contributed by atoms with Crippen LogP contribution in [0.15, 0.2) is 29.0 Å². The van der Waals surface area contributed by atoms with Gasteiger partial charge in [-0.2, -0.15) is 0 Å². The quantitative estimate of drug-likeness (QED) is 0.744. The molecule has 1 amide bonds. The molecule has 3 aliphatic rings. The van der Waals surface area contributed by atoms with Gasteiger partial charge >= 0.3 is 0 Å². The Morgan fingerprint density at radius 1 is 1.46 bits per heavy atom. The van der Waals surface area contributed by atoms with Gasteiger partial charge in [0.25, 0.3) is 0 Å². The zero-order chi connectivity index (χ0) is 17.9. The molecular formula is C18H25N5O3. The van der Waals surface area contributed by atoms with Gasteiger partial charge in [-0.1, -0.05) is 5.21 Å². The van der Waals surface area contributed by atoms with E-state index < -0.39 is 0 Å². The van der Waals surface area contributed by atoms with Gasteiger partial charge < -0.3 is 14.8 Å². The first kappa shape index (κ1) is 17.2. The molecular weight excluding hydrogens is 334 g/mol. The lowest BCUT2D eigenvalue weighted by Crippen LogP contribution is -2.57. The molecule has 8 heteroatoms. The summed E-state index contributed by atoms with van der Waals surface area (Å²) in [6.45, 7) is 3.17. The maximum atomic E-state index is 12.6. The van der Waals surface area contributed by atoms with Gasteiger partial charge in [0.15, 0.2) is 0 Å². The maximum absolute atomic E-state index is 12.6. The highest BCUT2D eigenvalue weighted by Crippen LogP contribution is 2.36. The number of aromatic nitrogens is 3. The molecule has 140 valence electrons. The van der Waals surface area contributed by atoms with Crippen molar-refractivity contribution in [3.05, 3.63) is 36.0 Å². The van der Waals surface area contributed by atoms with E-state index in [2.05, 4.69) is 20.5 Å². The van der Waals surface area contributed by atoms with Crippen LogP contribution in [0.25, 0.3) is 0 Å². The van der Waals surface area contributed by atoms with E-state index in [9.17, 15) is 4.79 Å². The van der Waals surface area contributed by atoms with Crippen molar-refractivity contribution in [3.63, 3.8) is 0 Å². The van der Waals surface area contributed by atoms with Crippen LogP contribution in [-0.4, -0.2) is 56.6 Å². The number of hydrogen-bond acceptors (Lipinski definition) is 6. The monoisotopic (exact) mass is 359 g/mol. The van der Waals surface area contributed by atoms with E-state index >= 15 is 0 Å². The van der Waals surface area contributed by atoms with Gasteiger partial charge in [0.2, 0.25) is 5.91 Å². The number of piperidine rings is 3. The Morgan fingerprint density at radius 2 is 2.38 bits per heavy atom. The first-order chi connectivity index (χ1) is 12.7. The molecule has 0 aliphatic carbocycles. The molecule has 2 aromatic rings. The van der Waals surface area contributed by atoms with Crippen LogP contribution in [0, 0.1) is 11.8 Å². The van der Waals surface area contributed by atoms with Crippen molar-refractivity contribution < 1.29 is 14.3 Å². The molecule has 4 atom stereocenters. The average Bonchev–Trinajstić information content (AvgIpc) is 3.33. The van der Waals surface area contributed by atoms with Crippen LogP contribution < -0.4 is 5.32 Å². The van der Waals surface area contributed by atoms with E-state index in [1.807, 2.05) is 23.0 Å². The molecule has 26 heavy (non-hydrogen) atoms. The lowest BCUT2D eigenvalue weighted by atomic mass is 9.75. The highest BCUT2D eigenvalue weighted by Gasteiger charge is 2.43. The second kappa shape index (κ2) is 7.59. The van der Waals surface area contributed by atoms with Crippen LogP contribution in [0.2, 0.25) is 0 Å². The third kappa shape index (κ3) is 3.66. The summed E-state index contributed by atoms with van der Waals surface area (Å²) in [5, 5.41) is 20.3. The number of aliphatic hydroxyl groups excluding tert-OH is 1. The Balaban J connectivity index is 1.32. The number of nitrogens with zero attached hydrogens (tertiary/aromatic N) is 4. The van der Waals surface area contributed by atoms with E-state index in [0.29, 0.717) is 24.9 Å². The number of fused-ring (bicyclic) bond motifs is 3. The van der Waals surface area contributed by atoms with Crippen molar-refractivity contribution in [2.75, 3.05) is 19.7 Å². The Labute approximate surface area is 152 Å². The molecule has 5 heterocycles. The Kier molecular flexibility index (Phi) is 5.03. The molecule has 0 spiro atoms. The average molecular weight is 359 g/mol. The topological polar surface area (TPSA) is 96.4 Å². The van der Waals surface area contributed by atoms with Crippen LogP contribution in [0.1, 0.15) is 24.3 Å². The van der Waals surface area contributed by atoms with E-state index in [1.54, 1.807) is 6.26 Å². The fraction of sp³-hybridized carbons (Fsp3) is 0.611. The third-order valence-electron chi connectivity index (χ3n) is 5.58. The summed E-state index contributed by atoms with van der Waals surface area (Å²) in [6, 6.07) is 4.10. The maximum Gasteiger partial charge on any atom is 0.225 e. The van der Waals surface area contributed by atoms with Gasteiger partial charge in [-0.25, -0.2) is 0 Å². The normalized spacial score (nSPS) is 27.6. The van der Waals surface area contributed by atoms with E-state index in [1.165, 1.54) is 0 Å². The molecule has 5 rings (SSSR count). The van der Waals surface area contributed by atoms with Gasteiger partial charge in [0.05, 0.1) is 31.0 Å². The minimum atomic E-state index is 0.0515. The number of amides is 1. The Morgan fingerprint density at radius 3 is 3.12 bits per heavy atom. The summed E-state index contributed by atoms with van der Waals surface area (Å²) in [4.78, 5) is 15.0. The fourth-order valence-electron chi connectivity index (χ4n) is 4.22. The number of carbonyl (C=O) groups excluding carboxylic acids is 1. The van der Waals surface area contributed by atoms with E-state index in [-0.39, 0.29) is 18.4 Å². The lowest BCUT2D eigenvalue weighted by molar-refractivity contribution is -0.133. The number of aliphatic hydroxyl groups is 1. The van der Waals surface area contributed by atoms with Crippen molar-refractivity contribution >= 4 is 5.91 Å². The Hall–Kier alpha value is -2.19. The number of rotatable bonds is 7. The highest BCUT2D eigenvalue weighted by molar-refractivity contribution is 5.79. The number of furan rings is 1. The fourth-order valence-corrected chi connectivity index (χ4v) is 4.22. The van der Waals surface area contributed by atoms with Crippen LogP contribution in [0.5, 0.6) is 0 Å². The van der Waals surface area contributed by atoms with Crippen LogP contribution >= 0.6 is 0 Å². The lowest BCUT2D eigenvalue weighted by Gasteiger charge is -2.49. The summed E-state index contributed by atoms with van der Waals surface area (Å²) in [6.07, 6.45) is 6.15. The van der Waals surface area contributed by atoms with Gasteiger partial charge in [-0.15, -0.1) is 5.10 Å². The molecule has 4 unspecified atom stereocenters. The van der Waals surface area contributed by atoms with Gasteiger partial charge in [0.1, 0.15) is 5.76 Å². The molecule has 2 N–H and O–H groups in total. The predicted octanol–water partition coefficient (Wildman–Crippen LogP) is 0.433. The van der Waals surface area contributed by atoms with Crippen LogP contribution in [-0.2, 0) is 24.3 Å². The summed E-state index contributed by atoms with van der Waals surface area (Å²) in [5.74, 6) is 1.38. The smallest absolute Gasteiger partial charge is 0.225 e. The van der Waals surface area contributed by atoms with Gasteiger partial charge in [-0.3, -0.25) is 14.4 Å². The molecule has 0 aromatic carbocycles. The molecule has 2 aromatic heterocycles. The third-order valence-corrected chi connectivity index (χ3v) is 5.58. The number of nitrogens with one attached hydrogen (secondary N) is 1. The SMILES string of the molecule is O=C(NCc1ccco1)C1CN2CCC1CC2Cn1cc(CCO)nn1. The van der Waals surface area contributed by atoms with Crippen LogP contribution in [0.3, 0.4) is 0 Å². The minimum absolute atomic E-state index is 0.0515. The van der Waals surface area contributed by atoms with E-state index in [4.69, 9.17) is 9.52 Å². The van der Waals surface area contributed by atoms with E-state index in [0.717, 1.165) is 43.9 Å². The predicted molar refractivity (Wildman–Crippen MR) is 92.9 cm³/mol. The van der Waals surface area contributed by atoms with Gasteiger partial charge in [0, 0.05) is 31.8 Å². The molecule has 2 bridgehead atoms. The second-order valence-corrected chi connectivity index (χ2v) is 7.24. The summed E-state index contributed by atoms with van der Waals surface area (Å²) >= 11 is 0. The van der Waals surface area contributed by atoms with Gasteiger partial charge in [-0.05, 0) is 37.4 Å². The molecule has 8 nitrogen and oxygen atoms in total. The van der Waals surface area contributed by atoms with Crippen LogP contribution in [0.4, 0.5) is 0 Å². The molecule has 3 saturated heterocycles. The summed E-state index contributed by atoms with van der Waals surface area (Å²) in [5.41, 5.74) is 0.818. The van der Waals surface area contributed by atoms with Crippen molar-refractivity contribution in [1.29, 1.82) is 0 Å².